The highest BCUT2D eigenvalue weighted by Crippen LogP contribution is 2.23. The van der Waals surface area contributed by atoms with Gasteiger partial charge in [-0.05, 0) is 52.1 Å². The van der Waals surface area contributed by atoms with E-state index in [1.54, 1.807) is 19.9 Å². The van der Waals surface area contributed by atoms with Crippen LogP contribution >= 0.6 is 0 Å². The number of hydrogen-bond donors (Lipinski definition) is 3. The normalized spacial score (nSPS) is 14.2. The van der Waals surface area contributed by atoms with E-state index in [2.05, 4.69) is 5.32 Å². The monoisotopic (exact) mass is 280 g/mol. The molecular weight excluding hydrogens is 256 g/mol. The van der Waals surface area contributed by atoms with E-state index < -0.39 is 5.60 Å². The summed E-state index contributed by atoms with van der Waals surface area (Å²) in [4.78, 5) is 14.0. The van der Waals surface area contributed by atoms with Crippen molar-refractivity contribution in [3.63, 3.8) is 0 Å². The predicted molar refractivity (Wildman–Crippen MR) is 79.1 cm³/mol. The van der Waals surface area contributed by atoms with Crippen LogP contribution in [0.4, 0.5) is 0 Å². The molecule has 1 aromatic rings. The van der Waals surface area contributed by atoms with Crippen LogP contribution in [0.5, 0.6) is 5.75 Å². The largest absolute Gasteiger partial charge is 0.507 e. The van der Waals surface area contributed by atoms with Crippen LogP contribution in [-0.4, -0.2) is 53.8 Å². The van der Waals surface area contributed by atoms with Crippen LogP contribution < -0.4 is 5.32 Å². The number of phenolic OH excluding ortho intramolecular Hbond substituents is 1. The molecule has 1 aromatic carbocycles. The molecule has 0 radical (unpaired) electrons. The first kappa shape index (κ1) is 16.5. The topological polar surface area (TPSA) is 72.8 Å². The molecule has 112 valence electrons. The maximum atomic E-state index is 12.1. The Bertz CT molecular complexity index is 496. The summed E-state index contributed by atoms with van der Waals surface area (Å²) in [5.41, 5.74) is 0.789. The molecule has 0 aliphatic carbocycles. The van der Waals surface area contributed by atoms with Gasteiger partial charge < -0.3 is 20.4 Å². The SMILES string of the molecule is Cc1cc(C)c(O)c(C(=O)NCC(C)(O)CN(C)C)c1. The number of aromatic hydroxyl groups is 1. The minimum absolute atomic E-state index is 0.0136. The van der Waals surface area contributed by atoms with E-state index in [9.17, 15) is 15.0 Å². The quantitative estimate of drug-likeness (QED) is 0.754. The highest BCUT2D eigenvalue weighted by molar-refractivity contribution is 5.97. The summed E-state index contributed by atoms with van der Waals surface area (Å²) >= 11 is 0. The van der Waals surface area contributed by atoms with Gasteiger partial charge in [0.2, 0.25) is 0 Å². The number of likely N-dealkylation sites (N-methyl/N-ethyl adjacent to an activating group) is 1. The highest BCUT2D eigenvalue weighted by Gasteiger charge is 2.23. The molecule has 0 spiro atoms. The molecule has 1 unspecified atom stereocenters. The Kier molecular flexibility index (Phi) is 5.14. The summed E-state index contributed by atoms with van der Waals surface area (Å²) in [6, 6.07) is 3.45. The van der Waals surface area contributed by atoms with Crippen LogP contribution in [0.3, 0.4) is 0 Å². The molecule has 1 amide bonds. The van der Waals surface area contributed by atoms with Gasteiger partial charge in [0.25, 0.3) is 5.91 Å². The Morgan fingerprint density at radius 2 is 1.95 bits per heavy atom. The fourth-order valence-electron chi connectivity index (χ4n) is 2.24. The molecule has 5 heteroatoms. The highest BCUT2D eigenvalue weighted by atomic mass is 16.3. The minimum atomic E-state index is -1.02. The van der Waals surface area contributed by atoms with Crippen molar-refractivity contribution in [2.45, 2.75) is 26.4 Å². The van der Waals surface area contributed by atoms with Crippen molar-refractivity contribution in [1.29, 1.82) is 0 Å². The van der Waals surface area contributed by atoms with E-state index in [0.717, 1.165) is 5.56 Å². The lowest BCUT2D eigenvalue weighted by atomic mass is 10.0. The van der Waals surface area contributed by atoms with E-state index in [4.69, 9.17) is 0 Å². The summed E-state index contributed by atoms with van der Waals surface area (Å²) < 4.78 is 0. The Labute approximate surface area is 120 Å². The number of benzene rings is 1. The second kappa shape index (κ2) is 6.24. The molecule has 0 saturated heterocycles. The van der Waals surface area contributed by atoms with Crippen molar-refractivity contribution in [2.24, 2.45) is 0 Å². The van der Waals surface area contributed by atoms with Gasteiger partial charge in [-0.25, -0.2) is 0 Å². The molecule has 0 aliphatic rings. The number of carbonyl (C=O) groups is 1. The second-order valence-corrected chi connectivity index (χ2v) is 5.90. The Balaban J connectivity index is 2.78. The number of amides is 1. The van der Waals surface area contributed by atoms with E-state index in [1.165, 1.54) is 0 Å². The summed E-state index contributed by atoms with van der Waals surface area (Å²) in [6.45, 7) is 5.84. The standard InChI is InChI=1S/C15H24N2O3/c1-10-6-11(2)13(18)12(7-10)14(19)16-8-15(3,20)9-17(4)5/h6-7,18,20H,8-9H2,1-5H3,(H,16,19). The fourth-order valence-corrected chi connectivity index (χ4v) is 2.24. The third-order valence-corrected chi connectivity index (χ3v) is 2.98. The number of aliphatic hydroxyl groups is 1. The second-order valence-electron chi connectivity index (χ2n) is 5.90. The zero-order valence-electron chi connectivity index (χ0n) is 12.8. The summed E-state index contributed by atoms with van der Waals surface area (Å²) in [5, 5.41) is 22.7. The van der Waals surface area contributed by atoms with E-state index in [-0.39, 0.29) is 23.8 Å². The van der Waals surface area contributed by atoms with Gasteiger partial charge >= 0.3 is 0 Å². The number of hydrogen-bond acceptors (Lipinski definition) is 4. The Morgan fingerprint density at radius 1 is 1.35 bits per heavy atom. The molecule has 1 atom stereocenters. The first-order chi connectivity index (χ1) is 9.12. The van der Waals surface area contributed by atoms with Crippen molar-refractivity contribution >= 4 is 5.91 Å². The van der Waals surface area contributed by atoms with Gasteiger partial charge in [-0.15, -0.1) is 0 Å². The molecule has 1 rings (SSSR count). The van der Waals surface area contributed by atoms with Crippen LogP contribution in [0.2, 0.25) is 0 Å². The summed E-state index contributed by atoms with van der Waals surface area (Å²) in [6.07, 6.45) is 0. The first-order valence-electron chi connectivity index (χ1n) is 6.58. The lowest BCUT2D eigenvalue weighted by Crippen LogP contribution is -2.47. The zero-order chi connectivity index (χ0) is 15.5. The molecular formula is C15H24N2O3. The number of phenols is 1. The maximum absolute atomic E-state index is 12.1. The van der Waals surface area contributed by atoms with Crippen molar-refractivity contribution in [3.05, 3.63) is 28.8 Å². The molecule has 5 nitrogen and oxygen atoms in total. The number of nitrogens with one attached hydrogen (secondary N) is 1. The number of aryl methyl sites for hydroxylation is 2. The molecule has 0 heterocycles. The van der Waals surface area contributed by atoms with E-state index in [0.29, 0.717) is 12.1 Å². The fraction of sp³-hybridized carbons (Fsp3) is 0.533. The minimum Gasteiger partial charge on any atom is -0.507 e. The summed E-state index contributed by atoms with van der Waals surface area (Å²) in [7, 11) is 3.71. The summed E-state index contributed by atoms with van der Waals surface area (Å²) in [5.74, 6) is -0.395. The smallest absolute Gasteiger partial charge is 0.255 e. The number of rotatable bonds is 5. The molecule has 0 saturated carbocycles. The molecule has 0 aliphatic heterocycles. The van der Waals surface area contributed by atoms with Gasteiger partial charge in [-0.2, -0.15) is 0 Å². The lowest BCUT2D eigenvalue weighted by molar-refractivity contribution is 0.0325. The lowest BCUT2D eigenvalue weighted by Gasteiger charge is -2.27. The van der Waals surface area contributed by atoms with Crippen LogP contribution in [0, 0.1) is 13.8 Å². The number of nitrogens with zero attached hydrogens (tertiary/aromatic N) is 1. The Hall–Kier alpha value is -1.59. The zero-order valence-corrected chi connectivity index (χ0v) is 12.8. The third-order valence-electron chi connectivity index (χ3n) is 2.98. The van der Waals surface area contributed by atoms with Gasteiger partial charge in [0.15, 0.2) is 0 Å². The van der Waals surface area contributed by atoms with E-state index >= 15 is 0 Å². The van der Waals surface area contributed by atoms with Crippen LogP contribution in [0.15, 0.2) is 12.1 Å². The van der Waals surface area contributed by atoms with Crippen LogP contribution in [-0.2, 0) is 0 Å². The average Bonchev–Trinajstić information content (AvgIpc) is 2.29. The van der Waals surface area contributed by atoms with Gasteiger partial charge in [0.1, 0.15) is 5.75 Å². The van der Waals surface area contributed by atoms with Gasteiger partial charge in [-0.3, -0.25) is 4.79 Å². The van der Waals surface area contributed by atoms with Gasteiger partial charge in [0.05, 0.1) is 11.2 Å². The third kappa shape index (κ3) is 4.51. The molecule has 0 fully saturated rings. The van der Waals surface area contributed by atoms with Crippen molar-refractivity contribution in [2.75, 3.05) is 27.2 Å². The van der Waals surface area contributed by atoms with Crippen molar-refractivity contribution in [1.82, 2.24) is 10.2 Å². The maximum Gasteiger partial charge on any atom is 0.255 e. The van der Waals surface area contributed by atoms with Crippen LogP contribution in [0.1, 0.15) is 28.4 Å². The average molecular weight is 280 g/mol. The van der Waals surface area contributed by atoms with Crippen molar-refractivity contribution in [3.8, 4) is 5.75 Å². The molecule has 0 aromatic heterocycles. The van der Waals surface area contributed by atoms with Crippen molar-refractivity contribution < 1.29 is 15.0 Å². The Morgan fingerprint density at radius 3 is 2.50 bits per heavy atom. The molecule has 0 bridgehead atoms. The van der Waals surface area contributed by atoms with E-state index in [1.807, 2.05) is 32.0 Å². The van der Waals surface area contributed by atoms with Gasteiger partial charge in [-0.1, -0.05) is 6.07 Å². The first-order valence-corrected chi connectivity index (χ1v) is 6.58. The molecule has 20 heavy (non-hydrogen) atoms. The van der Waals surface area contributed by atoms with Gasteiger partial charge in [0, 0.05) is 13.1 Å². The number of carbonyl (C=O) groups excluding carboxylic acids is 1. The predicted octanol–water partition coefficient (Wildman–Crippen LogP) is 1.05. The molecule has 3 N–H and O–H groups in total. The van der Waals surface area contributed by atoms with Crippen LogP contribution in [0.25, 0.3) is 0 Å².